The summed E-state index contributed by atoms with van der Waals surface area (Å²) in [7, 11) is 1.75. The van der Waals surface area contributed by atoms with Crippen molar-refractivity contribution in [3.63, 3.8) is 0 Å². The molecule has 0 atom stereocenters. The lowest BCUT2D eigenvalue weighted by molar-refractivity contribution is 0.222. The van der Waals surface area contributed by atoms with Crippen LogP contribution in [-0.4, -0.2) is 37.8 Å². The van der Waals surface area contributed by atoms with Crippen molar-refractivity contribution in [3.05, 3.63) is 35.5 Å². The molecule has 1 N–H and O–H groups in total. The lowest BCUT2D eigenvalue weighted by Gasteiger charge is -2.29. The number of pyridine rings is 1. The third-order valence-corrected chi connectivity index (χ3v) is 3.50. The first-order chi connectivity index (χ1) is 9.70. The third kappa shape index (κ3) is 4.05. The van der Waals surface area contributed by atoms with Gasteiger partial charge in [-0.15, -0.1) is 0 Å². The minimum absolute atomic E-state index is 0.484. The molecule has 0 saturated carbocycles. The van der Waals surface area contributed by atoms with Crippen LogP contribution in [0, 0.1) is 0 Å². The van der Waals surface area contributed by atoms with Crippen LogP contribution in [0.4, 0.5) is 5.82 Å². The number of hydrogen-bond acceptors (Lipinski definition) is 4. The highest BCUT2D eigenvalue weighted by Gasteiger charge is 2.16. The molecule has 0 radical (unpaired) electrons. The van der Waals surface area contributed by atoms with Crippen LogP contribution in [0.1, 0.15) is 25.8 Å². The Bertz CT molecular complexity index is 457. The van der Waals surface area contributed by atoms with Crippen molar-refractivity contribution in [1.29, 1.82) is 0 Å². The van der Waals surface area contributed by atoms with E-state index in [0.717, 1.165) is 38.5 Å². The molecule has 0 saturated heterocycles. The molecule has 0 aliphatic carbocycles. The van der Waals surface area contributed by atoms with Crippen molar-refractivity contribution in [3.8, 4) is 0 Å². The third-order valence-electron chi connectivity index (χ3n) is 3.50. The molecule has 2 rings (SSSR count). The number of ether oxygens (including phenoxy) is 1. The van der Waals surface area contributed by atoms with E-state index in [9.17, 15) is 0 Å². The molecule has 4 heteroatoms. The van der Waals surface area contributed by atoms with Crippen LogP contribution in [0.15, 0.2) is 30.0 Å². The Morgan fingerprint density at radius 3 is 2.95 bits per heavy atom. The van der Waals surface area contributed by atoms with Gasteiger partial charge in [0.1, 0.15) is 5.82 Å². The van der Waals surface area contributed by atoms with Gasteiger partial charge in [-0.05, 0) is 18.1 Å². The molecule has 2 heterocycles. The lowest BCUT2D eigenvalue weighted by atomic mass is 10.1. The van der Waals surface area contributed by atoms with Crippen LogP contribution < -0.4 is 10.2 Å². The molecule has 0 unspecified atom stereocenters. The average molecular weight is 275 g/mol. The first kappa shape index (κ1) is 15.0. The van der Waals surface area contributed by atoms with Crippen LogP contribution in [-0.2, 0) is 11.3 Å². The molecule has 1 aromatic heterocycles. The Balaban J connectivity index is 2.05. The molecule has 1 aliphatic heterocycles. The van der Waals surface area contributed by atoms with Crippen molar-refractivity contribution in [2.24, 2.45) is 0 Å². The molecule has 0 spiro atoms. The van der Waals surface area contributed by atoms with Gasteiger partial charge in [-0.1, -0.05) is 26.0 Å². The van der Waals surface area contributed by atoms with Gasteiger partial charge in [0, 0.05) is 44.5 Å². The van der Waals surface area contributed by atoms with Gasteiger partial charge in [-0.2, -0.15) is 0 Å². The topological polar surface area (TPSA) is 37.4 Å². The molecular formula is C16H25N3O. The average Bonchev–Trinajstić information content (AvgIpc) is 2.47. The highest BCUT2D eigenvalue weighted by molar-refractivity contribution is 5.48. The SMILES string of the molecule is COCC1=CCN(c2ncccc2CNC(C)C)CC1. The molecule has 0 bridgehead atoms. The Kier molecular flexibility index (Phi) is 5.56. The maximum absolute atomic E-state index is 5.20. The fourth-order valence-corrected chi connectivity index (χ4v) is 2.39. The van der Waals surface area contributed by atoms with Gasteiger partial charge in [0.05, 0.1) is 6.61 Å². The number of methoxy groups -OCH3 is 1. The van der Waals surface area contributed by atoms with Crippen molar-refractivity contribution in [2.45, 2.75) is 32.9 Å². The number of anilines is 1. The second-order valence-corrected chi connectivity index (χ2v) is 5.51. The van der Waals surface area contributed by atoms with Crippen LogP contribution in [0.5, 0.6) is 0 Å². The van der Waals surface area contributed by atoms with Gasteiger partial charge in [-0.25, -0.2) is 4.98 Å². The Morgan fingerprint density at radius 1 is 1.45 bits per heavy atom. The van der Waals surface area contributed by atoms with Gasteiger partial charge >= 0.3 is 0 Å². The quantitative estimate of drug-likeness (QED) is 0.809. The standard InChI is InChI=1S/C16H25N3O/c1-13(2)18-11-15-5-4-8-17-16(15)19-9-6-14(7-10-19)12-20-3/h4-6,8,13,18H,7,9-12H2,1-3H3. The Morgan fingerprint density at radius 2 is 2.30 bits per heavy atom. The summed E-state index contributed by atoms with van der Waals surface area (Å²) in [6, 6.07) is 4.65. The Labute approximate surface area is 121 Å². The van der Waals surface area contributed by atoms with Crippen LogP contribution >= 0.6 is 0 Å². The molecule has 0 aromatic carbocycles. The summed E-state index contributed by atoms with van der Waals surface area (Å²) in [5.74, 6) is 1.10. The summed E-state index contributed by atoms with van der Waals surface area (Å²) in [6.07, 6.45) is 5.20. The number of rotatable bonds is 6. The van der Waals surface area contributed by atoms with Gasteiger partial charge in [0.2, 0.25) is 0 Å². The summed E-state index contributed by atoms with van der Waals surface area (Å²) in [5, 5.41) is 3.47. The normalized spacial score (nSPS) is 15.6. The van der Waals surface area contributed by atoms with Crippen molar-refractivity contribution in [1.82, 2.24) is 10.3 Å². The van der Waals surface area contributed by atoms with Crippen molar-refractivity contribution < 1.29 is 4.74 Å². The van der Waals surface area contributed by atoms with E-state index in [4.69, 9.17) is 4.74 Å². The molecule has 110 valence electrons. The molecular weight excluding hydrogens is 250 g/mol. The minimum Gasteiger partial charge on any atom is -0.380 e. The van der Waals surface area contributed by atoms with Gasteiger partial charge in [0.25, 0.3) is 0 Å². The van der Waals surface area contributed by atoms with E-state index in [2.05, 4.69) is 41.2 Å². The van der Waals surface area contributed by atoms with E-state index in [1.165, 1.54) is 11.1 Å². The van der Waals surface area contributed by atoms with Gasteiger partial charge in [-0.3, -0.25) is 0 Å². The molecule has 1 aromatic rings. The monoisotopic (exact) mass is 275 g/mol. The van der Waals surface area contributed by atoms with E-state index in [-0.39, 0.29) is 0 Å². The zero-order chi connectivity index (χ0) is 14.4. The fourth-order valence-electron chi connectivity index (χ4n) is 2.39. The molecule has 4 nitrogen and oxygen atoms in total. The van der Waals surface area contributed by atoms with Crippen LogP contribution in [0.3, 0.4) is 0 Å². The fraction of sp³-hybridized carbons (Fsp3) is 0.562. The molecule has 20 heavy (non-hydrogen) atoms. The number of nitrogens with zero attached hydrogens (tertiary/aromatic N) is 2. The largest absolute Gasteiger partial charge is 0.380 e. The molecule has 0 fully saturated rings. The predicted octanol–water partition coefficient (Wildman–Crippen LogP) is 2.36. The van der Waals surface area contributed by atoms with E-state index >= 15 is 0 Å². The van der Waals surface area contributed by atoms with Crippen LogP contribution in [0.2, 0.25) is 0 Å². The summed E-state index contributed by atoms with van der Waals surface area (Å²) in [4.78, 5) is 6.92. The number of nitrogens with one attached hydrogen (secondary N) is 1. The molecule has 0 amide bonds. The summed E-state index contributed by atoms with van der Waals surface area (Å²) in [6.45, 7) is 7.88. The predicted molar refractivity (Wildman–Crippen MR) is 83.0 cm³/mol. The lowest BCUT2D eigenvalue weighted by Crippen LogP contribution is -2.32. The van der Waals surface area contributed by atoms with E-state index in [1.807, 2.05) is 12.3 Å². The zero-order valence-electron chi connectivity index (χ0n) is 12.7. The zero-order valence-corrected chi connectivity index (χ0v) is 12.7. The number of hydrogen-bond donors (Lipinski definition) is 1. The van der Waals surface area contributed by atoms with Gasteiger partial charge in [0.15, 0.2) is 0 Å². The summed E-state index contributed by atoms with van der Waals surface area (Å²) >= 11 is 0. The second kappa shape index (κ2) is 7.41. The number of aromatic nitrogens is 1. The molecule has 1 aliphatic rings. The van der Waals surface area contributed by atoms with E-state index in [0.29, 0.717) is 6.04 Å². The second-order valence-electron chi connectivity index (χ2n) is 5.51. The van der Waals surface area contributed by atoms with E-state index in [1.54, 1.807) is 7.11 Å². The Hall–Kier alpha value is -1.39. The van der Waals surface area contributed by atoms with Crippen molar-refractivity contribution in [2.75, 3.05) is 31.7 Å². The van der Waals surface area contributed by atoms with Gasteiger partial charge < -0.3 is 15.0 Å². The first-order valence-corrected chi connectivity index (χ1v) is 7.29. The maximum Gasteiger partial charge on any atom is 0.133 e. The minimum atomic E-state index is 0.484. The first-order valence-electron chi connectivity index (χ1n) is 7.29. The smallest absolute Gasteiger partial charge is 0.133 e. The highest BCUT2D eigenvalue weighted by atomic mass is 16.5. The van der Waals surface area contributed by atoms with Crippen LogP contribution in [0.25, 0.3) is 0 Å². The van der Waals surface area contributed by atoms with Crippen molar-refractivity contribution >= 4 is 5.82 Å². The summed E-state index contributed by atoms with van der Waals surface area (Å²) in [5.41, 5.74) is 2.66. The summed E-state index contributed by atoms with van der Waals surface area (Å²) < 4.78 is 5.20. The highest BCUT2D eigenvalue weighted by Crippen LogP contribution is 2.21. The van der Waals surface area contributed by atoms with E-state index < -0.39 is 0 Å². The maximum atomic E-state index is 5.20.